The lowest BCUT2D eigenvalue weighted by atomic mass is 10.2. The standard InChI is InChI=1S/C28H50NO7P/c1-5-6-7-8-9-10-11-12-13-14-15-16-17-18-19-20-21-22-28(31)34-25-27(30)26-36-37(32,33)35-24-23-29(2,3)4/h9-10,12-13,15-16,18-19,27,30H,5-8,11,14,17,20-26H2,1-4H3/b10-9-,13-12-,16-15-,19-18-. The van der Waals surface area contributed by atoms with Crippen LogP contribution in [0.2, 0.25) is 0 Å². The Morgan fingerprint density at radius 1 is 0.865 bits per heavy atom. The van der Waals surface area contributed by atoms with E-state index >= 15 is 0 Å². The molecular formula is C28H50NO7P. The number of nitrogens with zero attached hydrogens (tertiary/aromatic N) is 1. The largest absolute Gasteiger partial charge is 0.756 e. The van der Waals surface area contributed by atoms with Crippen molar-refractivity contribution < 1.29 is 37.6 Å². The van der Waals surface area contributed by atoms with Crippen LogP contribution in [0.5, 0.6) is 0 Å². The molecule has 1 N–H and O–H groups in total. The second kappa shape index (κ2) is 22.4. The van der Waals surface area contributed by atoms with E-state index in [2.05, 4.69) is 54.0 Å². The number of aliphatic hydroxyl groups is 1. The van der Waals surface area contributed by atoms with Gasteiger partial charge in [0.15, 0.2) is 0 Å². The molecule has 9 heteroatoms. The van der Waals surface area contributed by atoms with E-state index in [-0.39, 0.29) is 19.6 Å². The monoisotopic (exact) mass is 543 g/mol. The summed E-state index contributed by atoms with van der Waals surface area (Å²) < 4.78 is 26.6. The number of hydrogen-bond donors (Lipinski definition) is 1. The van der Waals surface area contributed by atoms with Crippen molar-refractivity contribution in [2.24, 2.45) is 0 Å². The molecule has 8 nitrogen and oxygen atoms in total. The molecule has 0 aliphatic heterocycles. The third-order valence-electron chi connectivity index (χ3n) is 5.08. The molecule has 0 amide bonds. The summed E-state index contributed by atoms with van der Waals surface area (Å²) in [6, 6.07) is 0. The first-order valence-corrected chi connectivity index (χ1v) is 14.9. The molecule has 0 saturated heterocycles. The van der Waals surface area contributed by atoms with Crippen LogP contribution in [0.15, 0.2) is 48.6 Å². The molecule has 0 aliphatic rings. The number of carbonyl (C=O) groups excluding carboxylic acids is 1. The number of likely N-dealkylation sites (N-methyl/N-ethyl adjacent to an activating group) is 1. The molecule has 0 bridgehead atoms. The van der Waals surface area contributed by atoms with Gasteiger partial charge in [0.25, 0.3) is 7.82 Å². The molecule has 0 radical (unpaired) electrons. The summed E-state index contributed by atoms with van der Waals surface area (Å²) >= 11 is 0. The molecule has 0 aromatic carbocycles. The Labute approximate surface area is 224 Å². The molecule has 0 spiro atoms. The molecule has 0 aliphatic carbocycles. The van der Waals surface area contributed by atoms with E-state index in [0.717, 1.165) is 25.7 Å². The van der Waals surface area contributed by atoms with Crippen LogP contribution in [0.1, 0.15) is 71.1 Å². The van der Waals surface area contributed by atoms with Crippen molar-refractivity contribution in [3.05, 3.63) is 48.6 Å². The number of allylic oxidation sites excluding steroid dienone is 8. The highest BCUT2D eigenvalue weighted by molar-refractivity contribution is 7.45. The van der Waals surface area contributed by atoms with Crippen molar-refractivity contribution in [3.63, 3.8) is 0 Å². The Kier molecular flexibility index (Phi) is 21.5. The Balaban J connectivity index is 3.76. The van der Waals surface area contributed by atoms with Gasteiger partial charge in [-0.15, -0.1) is 0 Å². The molecule has 2 unspecified atom stereocenters. The third-order valence-corrected chi connectivity index (χ3v) is 6.05. The van der Waals surface area contributed by atoms with Crippen LogP contribution in [-0.4, -0.2) is 69.2 Å². The minimum absolute atomic E-state index is 0.0190. The molecule has 0 heterocycles. The zero-order chi connectivity index (χ0) is 27.8. The molecule has 0 fully saturated rings. The van der Waals surface area contributed by atoms with Gasteiger partial charge in [0, 0.05) is 6.42 Å². The number of carbonyl (C=O) groups is 1. The topological polar surface area (TPSA) is 105 Å². The number of aliphatic hydroxyl groups excluding tert-OH is 1. The van der Waals surface area contributed by atoms with Crippen LogP contribution in [0.25, 0.3) is 0 Å². The Bertz CT molecular complexity index is 741. The van der Waals surface area contributed by atoms with Gasteiger partial charge in [-0.2, -0.15) is 0 Å². The van der Waals surface area contributed by atoms with Crippen LogP contribution < -0.4 is 4.89 Å². The predicted molar refractivity (Wildman–Crippen MR) is 148 cm³/mol. The molecular weight excluding hydrogens is 493 g/mol. The maximum absolute atomic E-state index is 11.8. The highest BCUT2D eigenvalue weighted by Gasteiger charge is 2.16. The van der Waals surface area contributed by atoms with E-state index < -0.39 is 26.5 Å². The van der Waals surface area contributed by atoms with Crippen LogP contribution in [0.3, 0.4) is 0 Å². The summed E-state index contributed by atoms with van der Waals surface area (Å²) in [5.41, 5.74) is 0. The van der Waals surface area contributed by atoms with Gasteiger partial charge >= 0.3 is 5.97 Å². The number of quaternary nitrogens is 1. The first-order valence-electron chi connectivity index (χ1n) is 13.4. The average molecular weight is 544 g/mol. The van der Waals surface area contributed by atoms with Crippen molar-refractivity contribution in [1.29, 1.82) is 0 Å². The van der Waals surface area contributed by atoms with Crippen molar-refractivity contribution in [2.75, 3.05) is 47.5 Å². The summed E-state index contributed by atoms with van der Waals surface area (Å²) in [5.74, 6) is -0.445. The first kappa shape index (κ1) is 35.5. The smallest absolute Gasteiger partial charge is 0.305 e. The summed E-state index contributed by atoms with van der Waals surface area (Å²) in [6.07, 6.45) is 25.4. The minimum atomic E-state index is -4.51. The van der Waals surface area contributed by atoms with E-state index in [4.69, 9.17) is 9.26 Å². The fraction of sp³-hybridized carbons (Fsp3) is 0.679. The van der Waals surface area contributed by atoms with Gasteiger partial charge in [-0.1, -0.05) is 68.4 Å². The summed E-state index contributed by atoms with van der Waals surface area (Å²) in [7, 11) is 1.21. The highest BCUT2D eigenvalue weighted by Crippen LogP contribution is 2.38. The predicted octanol–water partition coefficient (Wildman–Crippen LogP) is 5.24. The third kappa shape index (κ3) is 27.3. The lowest BCUT2D eigenvalue weighted by Gasteiger charge is -2.27. The van der Waals surface area contributed by atoms with E-state index in [1.807, 2.05) is 27.2 Å². The number of phosphoric ester groups is 1. The van der Waals surface area contributed by atoms with Crippen molar-refractivity contribution in [3.8, 4) is 0 Å². The quantitative estimate of drug-likeness (QED) is 0.0617. The molecule has 0 aromatic heterocycles. The van der Waals surface area contributed by atoms with Gasteiger partial charge in [0.1, 0.15) is 25.9 Å². The molecule has 0 aromatic rings. The fourth-order valence-corrected chi connectivity index (χ4v) is 3.61. The first-order chi connectivity index (χ1) is 17.6. The molecule has 2 atom stereocenters. The van der Waals surface area contributed by atoms with Gasteiger partial charge < -0.3 is 28.3 Å². The fourth-order valence-electron chi connectivity index (χ4n) is 2.88. The van der Waals surface area contributed by atoms with Crippen molar-refractivity contribution in [2.45, 2.75) is 77.2 Å². The van der Waals surface area contributed by atoms with Crippen LogP contribution in [-0.2, 0) is 23.1 Å². The minimum Gasteiger partial charge on any atom is -0.756 e. The summed E-state index contributed by atoms with van der Waals surface area (Å²) in [4.78, 5) is 23.5. The van der Waals surface area contributed by atoms with E-state index in [1.54, 1.807) is 0 Å². The lowest BCUT2D eigenvalue weighted by Crippen LogP contribution is -2.37. The van der Waals surface area contributed by atoms with Gasteiger partial charge in [-0.05, 0) is 44.9 Å². The SMILES string of the molecule is CCCCC/C=C\C/C=C\C/C=C\C/C=C\CCCC(=O)OCC(O)COP(=O)([O-])OCC[N+](C)(C)C. The molecule has 37 heavy (non-hydrogen) atoms. The maximum atomic E-state index is 11.8. The molecule has 0 rings (SSSR count). The zero-order valence-corrected chi connectivity index (χ0v) is 24.3. The average Bonchev–Trinajstić information content (AvgIpc) is 2.82. The number of phosphoric acid groups is 1. The van der Waals surface area contributed by atoms with Gasteiger partial charge in [-0.3, -0.25) is 9.36 Å². The van der Waals surface area contributed by atoms with E-state index in [9.17, 15) is 19.4 Å². The van der Waals surface area contributed by atoms with Gasteiger partial charge in [0.2, 0.25) is 0 Å². The Morgan fingerprint density at radius 2 is 1.41 bits per heavy atom. The number of rotatable bonds is 23. The highest BCUT2D eigenvalue weighted by atomic mass is 31.2. The van der Waals surface area contributed by atoms with E-state index in [0.29, 0.717) is 17.4 Å². The van der Waals surface area contributed by atoms with Gasteiger partial charge in [-0.25, -0.2) is 0 Å². The van der Waals surface area contributed by atoms with Gasteiger partial charge in [0.05, 0.1) is 27.7 Å². The number of hydrogen-bond acceptors (Lipinski definition) is 7. The Morgan fingerprint density at radius 3 is 1.95 bits per heavy atom. The molecule has 0 saturated carbocycles. The van der Waals surface area contributed by atoms with Crippen LogP contribution >= 0.6 is 7.82 Å². The summed E-state index contributed by atoms with van der Waals surface area (Å²) in [5, 5.41) is 9.79. The molecule has 214 valence electrons. The normalized spacial score (nSPS) is 15.3. The van der Waals surface area contributed by atoms with Crippen LogP contribution in [0.4, 0.5) is 0 Å². The van der Waals surface area contributed by atoms with Crippen LogP contribution in [0, 0.1) is 0 Å². The van der Waals surface area contributed by atoms with Crippen molar-refractivity contribution >= 4 is 13.8 Å². The Hall–Kier alpha value is -1.54. The number of esters is 1. The lowest BCUT2D eigenvalue weighted by molar-refractivity contribution is -0.870. The second-order valence-corrected chi connectivity index (χ2v) is 11.3. The van der Waals surface area contributed by atoms with E-state index in [1.165, 1.54) is 25.7 Å². The van der Waals surface area contributed by atoms with Crippen molar-refractivity contribution in [1.82, 2.24) is 0 Å². The summed E-state index contributed by atoms with van der Waals surface area (Å²) in [6.45, 7) is 1.82. The second-order valence-electron chi connectivity index (χ2n) is 9.91. The zero-order valence-electron chi connectivity index (χ0n) is 23.4. The maximum Gasteiger partial charge on any atom is 0.305 e. The number of unbranched alkanes of at least 4 members (excludes halogenated alkanes) is 4. The number of ether oxygens (including phenoxy) is 1.